The van der Waals surface area contributed by atoms with Gasteiger partial charge in [-0.1, -0.05) is 12.1 Å². The predicted molar refractivity (Wildman–Crippen MR) is 50.5 cm³/mol. The third kappa shape index (κ3) is 2.87. The van der Waals surface area contributed by atoms with Crippen LogP contribution >= 0.6 is 0 Å². The summed E-state index contributed by atoms with van der Waals surface area (Å²) in [4.78, 5) is 11.2. The number of phenolic OH excluding ortho intramolecular Hbond substituents is 1. The maximum atomic E-state index is 11.2. The van der Waals surface area contributed by atoms with Gasteiger partial charge in [0.05, 0.1) is 11.5 Å². The molecule has 1 aromatic rings. The summed E-state index contributed by atoms with van der Waals surface area (Å²) in [7, 11) is 0. The van der Waals surface area contributed by atoms with Crippen molar-refractivity contribution in [2.75, 3.05) is 0 Å². The van der Waals surface area contributed by atoms with Crippen molar-refractivity contribution >= 4 is 5.78 Å². The number of aromatic hydroxyl groups is 1. The molecule has 1 rings (SSSR count). The molecule has 0 bridgehead atoms. The third-order valence-corrected chi connectivity index (χ3v) is 1.35. The number of hydrogen-bond acceptors (Lipinski definition) is 3. The van der Waals surface area contributed by atoms with E-state index in [0.29, 0.717) is 0 Å². The van der Waals surface area contributed by atoms with Crippen molar-refractivity contribution in [1.82, 2.24) is 0 Å². The number of phenols is 1. The van der Waals surface area contributed by atoms with E-state index in [1.54, 1.807) is 0 Å². The Bertz CT molecular complexity index is 516. The van der Waals surface area contributed by atoms with Crippen molar-refractivity contribution in [2.24, 2.45) is 5.73 Å². The van der Waals surface area contributed by atoms with Crippen LogP contribution in [0.3, 0.4) is 0 Å². The molecule has 0 heterocycles. The summed E-state index contributed by atoms with van der Waals surface area (Å²) < 4.78 is 45.6. The molecule has 0 saturated carbocycles. The molecule has 0 aliphatic rings. The van der Waals surface area contributed by atoms with Crippen molar-refractivity contribution in [3.05, 3.63) is 29.7 Å². The van der Waals surface area contributed by atoms with Crippen molar-refractivity contribution in [2.45, 2.75) is 19.3 Å². The van der Waals surface area contributed by atoms with E-state index in [0.717, 1.165) is 6.92 Å². The molecule has 0 saturated heterocycles. The Kier molecular flexibility index (Phi) is 1.32. The quantitative estimate of drug-likeness (QED) is 0.733. The monoisotopic (exact) mass is 185 g/mol. The normalized spacial score (nSPS) is 20.2. The SMILES string of the molecule is [2H]c1c([2H])c(C([2H])([2H])[C@H](N)C(C)=O)c([2H])c([2H])c1O. The predicted octanol–water partition coefficient (Wildman–Crippen LogP) is 0.851. The molecule has 0 spiro atoms. The van der Waals surface area contributed by atoms with Crippen LogP contribution in [0.4, 0.5) is 0 Å². The molecule has 0 aromatic heterocycles. The molecular formula is C10H13NO2. The van der Waals surface area contributed by atoms with E-state index in [-0.39, 0.29) is 0 Å². The molecule has 3 N–H and O–H groups in total. The van der Waals surface area contributed by atoms with Gasteiger partial charge in [-0.3, -0.25) is 4.79 Å². The Morgan fingerprint density at radius 3 is 2.69 bits per heavy atom. The molecule has 1 atom stereocenters. The Morgan fingerprint density at radius 1 is 1.69 bits per heavy atom. The zero-order valence-electron chi connectivity index (χ0n) is 13.0. The van der Waals surface area contributed by atoms with Crippen molar-refractivity contribution in [1.29, 1.82) is 0 Å². The molecule has 0 aliphatic heterocycles. The minimum Gasteiger partial charge on any atom is -0.508 e. The summed E-state index contributed by atoms with van der Waals surface area (Å²) in [6.45, 7) is 1.07. The first-order chi connectivity index (χ1) is 8.53. The Balaban J connectivity index is 3.64. The highest BCUT2D eigenvalue weighted by Crippen LogP contribution is 2.10. The molecule has 3 nitrogen and oxygen atoms in total. The van der Waals surface area contributed by atoms with Gasteiger partial charge in [0.1, 0.15) is 11.5 Å². The van der Waals surface area contributed by atoms with E-state index in [4.69, 9.17) is 14.0 Å². The lowest BCUT2D eigenvalue weighted by molar-refractivity contribution is -0.118. The number of rotatable bonds is 3. The largest absolute Gasteiger partial charge is 0.508 e. The zero-order chi connectivity index (χ0) is 15.1. The summed E-state index contributed by atoms with van der Waals surface area (Å²) in [6, 6.07) is -4.66. The maximum absolute atomic E-state index is 11.2. The van der Waals surface area contributed by atoms with E-state index < -0.39 is 53.7 Å². The summed E-state index contributed by atoms with van der Waals surface area (Å²) >= 11 is 0. The topological polar surface area (TPSA) is 63.3 Å². The molecule has 0 unspecified atom stereocenters. The number of nitrogens with two attached hydrogens (primary N) is 1. The Labute approximate surface area is 85.6 Å². The fourth-order valence-electron chi connectivity index (χ4n) is 0.635. The average Bonchev–Trinajstić information content (AvgIpc) is 2.32. The molecule has 0 aliphatic carbocycles. The van der Waals surface area contributed by atoms with Gasteiger partial charge in [0.2, 0.25) is 0 Å². The zero-order valence-corrected chi connectivity index (χ0v) is 7.01. The summed E-state index contributed by atoms with van der Waals surface area (Å²) in [5.41, 5.74) is 4.79. The fourth-order valence-corrected chi connectivity index (χ4v) is 0.635. The molecular weight excluding hydrogens is 166 g/mol. The second-order valence-electron chi connectivity index (χ2n) is 2.46. The highest BCUT2D eigenvalue weighted by Gasteiger charge is 2.08. The molecule has 0 radical (unpaired) electrons. The van der Waals surface area contributed by atoms with Crippen LogP contribution in [0.2, 0.25) is 0 Å². The van der Waals surface area contributed by atoms with E-state index in [9.17, 15) is 9.90 Å². The lowest BCUT2D eigenvalue weighted by atomic mass is 10.0. The summed E-state index contributed by atoms with van der Waals surface area (Å²) in [5.74, 6) is -1.55. The number of carbonyl (C=O) groups is 1. The second-order valence-corrected chi connectivity index (χ2v) is 2.46. The lowest BCUT2D eigenvalue weighted by Crippen LogP contribution is -2.30. The average molecular weight is 185 g/mol. The van der Waals surface area contributed by atoms with E-state index >= 15 is 0 Å². The number of Topliss-reactive ketones (excluding diaryl/α,β-unsaturated/α-hetero) is 1. The molecule has 13 heavy (non-hydrogen) atoms. The first-order valence-electron chi connectivity index (χ1n) is 6.59. The fraction of sp³-hybridized carbons (Fsp3) is 0.300. The van der Waals surface area contributed by atoms with E-state index in [2.05, 4.69) is 0 Å². The van der Waals surface area contributed by atoms with Gasteiger partial charge in [0.25, 0.3) is 0 Å². The molecule has 0 amide bonds. The van der Waals surface area contributed by atoms with Gasteiger partial charge in [0, 0.05) is 2.74 Å². The van der Waals surface area contributed by atoms with Gasteiger partial charge in [-0.15, -0.1) is 0 Å². The number of benzene rings is 1. The number of ketones is 1. The van der Waals surface area contributed by atoms with Gasteiger partial charge in [-0.2, -0.15) is 0 Å². The van der Waals surface area contributed by atoms with Crippen LogP contribution in [0.25, 0.3) is 0 Å². The minimum atomic E-state index is -2.57. The Morgan fingerprint density at radius 2 is 2.23 bits per heavy atom. The Hall–Kier alpha value is -1.35. The van der Waals surface area contributed by atoms with Crippen LogP contribution in [0.1, 0.15) is 20.7 Å². The minimum absolute atomic E-state index is 0.636. The van der Waals surface area contributed by atoms with E-state index in [1.807, 2.05) is 0 Å². The van der Waals surface area contributed by atoms with Gasteiger partial charge in [0.15, 0.2) is 0 Å². The van der Waals surface area contributed by atoms with Crippen LogP contribution in [-0.4, -0.2) is 16.9 Å². The maximum Gasteiger partial charge on any atom is 0.146 e. The number of carbonyl (C=O) groups excluding carboxylic acids is 1. The van der Waals surface area contributed by atoms with Crippen LogP contribution in [0.15, 0.2) is 24.2 Å². The molecule has 1 aromatic carbocycles. The summed E-state index contributed by atoms with van der Waals surface area (Å²) in [5, 5.41) is 9.37. The molecule has 0 fully saturated rings. The lowest BCUT2D eigenvalue weighted by Gasteiger charge is -2.07. The molecule has 3 heteroatoms. The smallest absolute Gasteiger partial charge is 0.146 e. The van der Waals surface area contributed by atoms with Gasteiger partial charge in [-0.25, -0.2) is 0 Å². The van der Waals surface area contributed by atoms with Crippen LogP contribution in [0, 0.1) is 0 Å². The second kappa shape index (κ2) is 4.05. The standard InChI is InChI=1S/C10H13NO2/c1-7(12)10(11)6-8-2-4-9(13)5-3-8/h2-5,10,13H,6,11H2,1H3/t10-/m0/s1/i2D,3D,4D,5D,6D2. The highest BCUT2D eigenvalue weighted by atomic mass is 16.3. The first-order valence-corrected chi connectivity index (χ1v) is 3.59. The van der Waals surface area contributed by atoms with Gasteiger partial charge < -0.3 is 10.8 Å². The van der Waals surface area contributed by atoms with Crippen molar-refractivity contribution in [3.8, 4) is 5.75 Å². The number of hydrogen-bond donors (Lipinski definition) is 2. The molecule has 70 valence electrons. The third-order valence-electron chi connectivity index (χ3n) is 1.35. The summed E-state index contributed by atoms with van der Waals surface area (Å²) in [6.07, 6.45) is -2.57. The first kappa shape index (κ1) is 4.24. The van der Waals surface area contributed by atoms with Crippen molar-refractivity contribution < 1.29 is 18.1 Å². The van der Waals surface area contributed by atoms with E-state index in [1.165, 1.54) is 0 Å². The highest BCUT2D eigenvalue weighted by molar-refractivity contribution is 5.81. The van der Waals surface area contributed by atoms with Crippen molar-refractivity contribution in [3.63, 3.8) is 0 Å². The van der Waals surface area contributed by atoms with Crippen LogP contribution in [0.5, 0.6) is 5.75 Å². The van der Waals surface area contributed by atoms with Gasteiger partial charge >= 0.3 is 0 Å². The van der Waals surface area contributed by atoms with Crippen LogP contribution < -0.4 is 5.73 Å². The van der Waals surface area contributed by atoms with Gasteiger partial charge in [-0.05, 0) is 30.9 Å². The van der Waals surface area contributed by atoms with Crippen LogP contribution in [-0.2, 0) is 11.2 Å².